The molecule has 36 heavy (non-hydrogen) atoms. The van der Waals surface area contributed by atoms with Crippen LogP contribution in [0.25, 0.3) is 0 Å². The van der Waals surface area contributed by atoms with Crippen molar-refractivity contribution >= 4 is 11.9 Å². The van der Waals surface area contributed by atoms with Crippen LogP contribution in [0.3, 0.4) is 0 Å². The van der Waals surface area contributed by atoms with Gasteiger partial charge in [0.2, 0.25) is 0 Å². The number of rotatable bonds is 6. The number of hydrogen-bond acceptors (Lipinski definition) is 4. The molecule has 1 aliphatic heterocycles. The summed E-state index contributed by atoms with van der Waals surface area (Å²) >= 11 is 0. The molecule has 1 saturated heterocycles. The van der Waals surface area contributed by atoms with Gasteiger partial charge in [0.05, 0.1) is 5.56 Å². The Morgan fingerprint density at radius 3 is 2.06 bits per heavy atom. The minimum atomic E-state index is -1.84. The predicted octanol–water partition coefficient (Wildman–Crippen LogP) is 5.39. The van der Waals surface area contributed by atoms with Crippen LogP contribution in [-0.4, -0.2) is 34.4 Å². The van der Waals surface area contributed by atoms with Crippen molar-refractivity contribution in [2.75, 3.05) is 0 Å². The summed E-state index contributed by atoms with van der Waals surface area (Å²) in [6, 6.07) is 10.2. The predicted molar refractivity (Wildman–Crippen MR) is 126 cm³/mol. The minimum Gasteiger partial charge on any atom is -0.479 e. The van der Waals surface area contributed by atoms with Crippen LogP contribution in [0.4, 0.5) is 8.78 Å². The van der Waals surface area contributed by atoms with E-state index in [1.165, 1.54) is 50.2 Å². The Balaban J connectivity index is 1.45. The van der Waals surface area contributed by atoms with E-state index in [-0.39, 0.29) is 5.56 Å². The van der Waals surface area contributed by atoms with Gasteiger partial charge in [0.25, 0.3) is 0 Å². The molecule has 0 aromatic heterocycles. The second kappa shape index (κ2) is 11.2. The van der Waals surface area contributed by atoms with Gasteiger partial charge in [-0.1, -0.05) is 43.7 Å². The Morgan fingerprint density at radius 1 is 0.889 bits per heavy atom. The lowest BCUT2D eigenvalue weighted by Crippen LogP contribution is -2.36. The maximum Gasteiger partial charge on any atom is 0.336 e. The fraction of sp³-hybridized carbons (Fsp3) is 0.429. The minimum absolute atomic E-state index is 0.197. The summed E-state index contributed by atoms with van der Waals surface area (Å²) in [5.74, 6) is 1.10. The molecule has 1 heterocycles. The number of aliphatic carboxylic acids is 2. The zero-order valence-electron chi connectivity index (χ0n) is 19.9. The summed E-state index contributed by atoms with van der Waals surface area (Å²) < 4.78 is 39.5. The van der Waals surface area contributed by atoms with Crippen molar-refractivity contribution in [1.29, 1.82) is 0 Å². The molecule has 2 aromatic rings. The molecule has 0 spiro atoms. The summed E-state index contributed by atoms with van der Waals surface area (Å²) in [6.45, 7) is 2.23. The molecule has 1 saturated carbocycles. The van der Waals surface area contributed by atoms with Crippen molar-refractivity contribution in [2.45, 2.75) is 69.9 Å². The molecule has 0 bridgehead atoms. The van der Waals surface area contributed by atoms with Gasteiger partial charge in [-0.25, -0.2) is 18.4 Å². The normalized spacial score (nSPS) is 24.2. The first-order valence-electron chi connectivity index (χ1n) is 12.1. The molecule has 2 aliphatic rings. The van der Waals surface area contributed by atoms with Crippen molar-refractivity contribution in [2.24, 2.45) is 5.92 Å². The van der Waals surface area contributed by atoms with Crippen LogP contribution in [0.15, 0.2) is 36.4 Å². The Hall–Kier alpha value is -3.28. The fourth-order valence-corrected chi connectivity index (χ4v) is 4.98. The SMILES string of the molecule is CCC[C@H]1CC[C@H](c2ccc(C#Cc3ccc(C4O[C@@H](C(=O)O)[C@H](C(=O)O)O4)c(F)c3F)cc2)CC1. The van der Waals surface area contributed by atoms with Crippen LogP contribution in [0, 0.1) is 29.4 Å². The highest BCUT2D eigenvalue weighted by molar-refractivity contribution is 5.84. The largest absolute Gasteiger partial charge is 0.479 e. The molecule has 0 radical (unpaired) electrons. The van der Waals surface area contributed by atoms with E-state index in [0.717, 1.165) is 12.0 Å². The summed E-state index contributed by atoms with van der Waals surface area (Å²) in [6.07, 6.45) is 2.04. The Bertz CT molecular complexity index is 1150. The lowest BCUT2D eigenvalue weighted by atomic mass is 9.77. The van der Waals surface area contributed by atoms with E-state index in [2.05, 4.69) is 18.8 Å². The van der Waals surface area contributed by atoms with E-state index in [9.17, 15) is 18.4 Å². The highest BCUT2D eigenvalue weighted by atomic mass is 19.2. The number of carboxylic acid groups (broad SMARTS) is 2. The van der Waals surface area contributed by atoms with Gasteiger partial charge in [-0.15, -0.1) is 0 Å². The number of hydrogen-bond donors (Lipinski definition) is 2. The van der Waals surface area contributed by atoms with Gasteiger partial charge in [-0.2, -0.15) is 0 Å². The van der Waals surface area contributed by atoms with Crippen molar-refractivity contribution in [3.05, 3.63) is 70.3 Å². The number of carboxylic acids is 2. The Labute approximate surface area is 208 Å². The van der Waals surface area contributed by atoms with E-state index in [0.29, 0.717) is 11.5 Å². The van der Waals surface area contributed by atoms with Crippen LogP contribution in [0.2, 0.25) is 0 Å². The molecule has 2 N–H and O–H groups in total. The van der Waals surface area contributed by atoms with Gasteiger partial charge in [0, 0.05) is 11.1 Å². The first kappa shape index (κ1) is 25.8. The first-order chi connectivity index (χ1) is 17.3. The molecule has 190 valence electrons. The van der Waals surface area contributed by atoms with E-state index in [1.54, 1.807) is 0 Å². The number of halogens is 2. The molecule has 2 fully saturated rings. The zero-order valence-corrected chi connectivity index (χ0v) is 19.9. The van der Waals surface area contributed by atoms with Crippen LogP contribution < -0.4 is 0 Å². The topological polar surface area (TPSA) is 93.1 Å². The molecule has 0 unspecified atom stereocenters. The molecule has 8 heteroatoms. The van der Waals surface area contributed by atoms with Gasteiger partial charge >= 0.3 is 11.9 Å². The average Bonchev–Trinajstić information content (AvgIpc) is 3.32. The van der Waals surface area contributed by atoms with Crippen LogP contribution in [0.1, 0.15) is 79.9 Å². The van der Waals surface area contributed by atoms with Crippen LogP contribution in [-0.2, 0) is 19.1 Å². The van der Waals surface area contributed by atoms with Gasteiger partial charge in [-0.3, -0.25) is 0 Å². The number of ether oxygens (including phenoxy) is 2. The maximum atomic E-state index is 14.7. The van der Waals surface area contributed by atoms with Crippen molar-refractivity contribution in [1.82, 2.24) is 0 Å². The second-order valence-corrected chi connectivity index (χ2v) is 9.33. The Kier molecular flexibility index (Phi) is 8.02. The molecule has 4 rings (SSSR count). The Morgan fingerprint density at radius 2 is 1.50 bits per heavy atom. The van der Waals surface area contributed by atoms with Crippen LogP contribution >= 0.6 is 0 Å². The molecule has 6 nitrogen and oxygen atoms in total. The molecule has 0 amide bonds. The summed E-state index contributed by atoms with van der Waals surface area (Å²) in [7, 11) is 0. The standard InChI is InChI=1S/C28H28F2O6/c1-2-3-16-4-9-18(10-5-16)19-11-6-17(7-12-19)8-13-20-14-15-21(23(30)22(20)29)28-35-24(26(31)32)25(36-28)27(33)34/h6-7,11-12,14-16,18,24-25,28H,2-5,9-10H2,1H3,(H,31,32)(H,33,34)/t16-,18-,24-,25-/m1/s1. The lowest BCUT2D eigenvalue weighted by molar-refractivity contribution is -0.156. The third kappa shape index (κ3) is 5.58. The maximum absolute atomic E-state index is 14.7. The van der Waals surface area contributed by atoms with Crippen molar-refractivity contribution in [3.63, 3.8) is 0 Å². The number of benzene rings is 2. The average molecular weight is 499 g/mol. The van der Waals surface area contributed by atoms with E-state index in [4.69, 9.17) is 19.7 Å². The van der Waals surface area contributed by atoms with Gasteiger partial charge in [0.15, 0.2) is 30.1 Å². The summed E-state index contributed by atoms with van der Waals surface area (Å²) in [5.41, 5.74) is 1.30. The molecule has 2 aromatic carbocycles. The first-order valence-corrected chi connectivity index (χ1v) is 12.1. The fourth-order valence-electron chi connectivity index (χ4n) is 4.98. The number of carbonyl (C=O) groups is 2. The smallest absolute Gasteiger partial charge is 0.336 e. The van der Waals surface area contributed by atoms with Crippen molar-refractivity contribution in [3.8, 4) is 11.8 Å². The van der Waals surface area contributed by atoms with E-state index < -0.39 is 47.6 Å². The highest BCUT2D eigenvalue weighted by Gasteiger charge is 2.47. The van der Waals surface area contributed by atoms with Crippen molar-refractivity contribution < 1.29 is 38.1 Å². The summed E-state index contributed by atoms with van der Waals surface area (Å²) in [5, 5.41) is 18.2. The van der Waals surface area contributed by atoms with Gasteiger partial charge in [0.1, 0.15) is 0 Å². The third-order valence-electron chi connectivity index (χ3n) is 6.94. The highest BCUT2D eigenvalue weighted by Crippen LogP contribution is 2.37. The molecule has 2 atom stereocenters. The van der Waals surface area contributed by atoms with Gasteiger partial charge in [-0.05, 0) is 67.3 Å². The van der Waals surface area contributed by atoms with E-state index in [1.807, 2.05) is 24.3 Å². The molecular weight excluding hydrogens is 470 g/mol. The third-order valence-corrected chi connectivity index (χ3v) is 6.94. The molecule has 1 aliphatic carbocycles. The van der Waals surface area contributed by atoms with Crippen LogP contribution in [0.5, 0.6) is 0 Å². The zero-order chi connectivity index (χ0) is 25.8. The quantitative estimate of drug-likeness (QED) is 0.519. The van der Waals surface area contributed by atoms with Gasteiger partial charge < -0.3 is 19.7 Å². The lowest BCUT2D eigenvalue weighted by Gasteiger charge is -2.28. The summed E-state index contributed by atoms with van der Waals surface area (Å²) in [4.78, 5) is 22.4. The second-order valence-electron chi connectivity index (χ2n) is 9.33. The van der Waals surface area contributed by atoms with E-state index >= 15 is 0 Å². The molecular formula is C28H28F2O6. The monoisotopic (exact) mass is 498 g/mol.